The molecule has 1 aromatic rings. The van der Waals surface area contributed by atoms with E-state index >= 15 is 0 Å². The molecule has 1 N–H and O–H groups in total. The van der Waals surface area contributed by atoms with Gasteiger partial charge < -0.3 is 9.84 Å². The van der Waals surface area contributed by atoms with Gasteiger partial charge in [0.15, 0.2) is 0 Å². The van der Waals surface area contributed by atoms with E-state index in [1.807, 2.05) is 18.2 Å². The van der Waals surface area contributed by atoms with Crippen molar-refractivity contribution in [2.24, 2.45) is 0 Å². The van der Waals surface area contributed by atoms with Crippen LogP contribution in [0.2, 0.25) is 0 Å². The number of hydrogen-bond donors (Lipinski definition) is 1. The first kappa shape index (κ1) is 10.0. The molecule has 0 radical (unpaired) electrons. The molecule has 1 aromatic carbocycles. The van der Waals surface area contributed by atoms with Gasteiger partial charge in [0.05, 0.1) is 13.0 Å². The van der Waals surface area contributed by atoms with Crippen molar-refractivity contribution in [1.82, 2.24) is 0 Å². The van der Waals surface area contributed by atoms with Gasteiger partial charge in [0, 0.05) is 5.56 Å². The maximum atomic E-state index is 10.7. The quantitative estimate of drug-likeness (QED) is 0.805. The first-order valence-corrected chi connectivity index (χ1v) is 5.23. The molecule has 3 heteroatoms. The SMILES string of the molecule is O=C(O)Cc1cccc2c1OCCCC2. The highest BCUT2D eigenvalue weighted by atomic mass is 16.5. The van der Waals surface area contributed by atoms with E-state index in [9.17, 15) is 4.79 Å². The van der Waals surface area contributed by atoms with Crippen LogP contribution in [-0.4, -0.2) is 17.7 Å². The maximum Gasteiger partial charge on any atom is 0.307 e. The number of benzene rings is 1. The molecular formula is C12H14O3. The lowest BCUT2D eigenvalue weighted by Crippen LogP contribution is -2.05. The lowest BCUT2D eigenvalue weighted by Gasteiger charge is -2.11. The Bertz CT molecular complexity index is 371. The van der Waals surface area contributed by atoms with Crippen LogP contribution >= 0.6 is 0 Å². The smallest absolute Gasteiger partial charge is 0.307 e. The number of hydrogen-bond acceptors (Lipinski definition) is 2. The second-order valence-corrected chi connectivity index (χ2v) is 3.78. The van der Waals surface area contributed by atoms with Gasteiger partial charge in [0.25, 0.3) is 0 Å². The van der Waals surface area contributed by atoms with Crippen LogP contribution in [0.15, 0.2) is 18.2 Å². The fourth-order valence-electron chi connectivity index (χ4n) is 1.91. The van der Waals surface area contributed by atoms with Crippen LogP contribution in [0.3, 0.4) is 0 Å². The Labute approximate surface area is 88.7 Å². The molecule has 15 heavy (non-hydrogen) atoms. The summed E-state index contributed by atoms with van der Waals surface area (Å²) >= 11 is 0. The monoisotopic (exact) mass is 206 g/mol. The Morgan fingerprint density at radius 2 is 2.27 bits per heavy atom. The van der Waals surface area contributed by atoms with Crippen LogP contribution in [0.5, 0.6) is 5.75 Å². The van der Waals surface area contributed by atoms with Crippen LogP contribution in [0.1, 0.15) is 24.0 Å². The van der Waals surface area contributed by atoms with Crippen molar-refractivity contribution in [3.63, 3.8) is 0 Å². The largest absolute Gasteiger partial charge is 0.493 e. The number of aryl methyl sites for hydroxylation is 1. The van der Waals surface area contributed by atoms with E-state index in [0.29, 0.717) is 6.61 Å². The van der Waals surface area contributed by atoms with E-state index in [2.05, 4.69) is 0 Å². The van der Waals surface area contributed by atoms with Crippen molar-refractivity contribution in [3.05, 3.63) is 29.3 Å². The van der Waals surface area contributed by atoms with Gasteiger partial charge in [0.2, 0.25) is 0 Å². The number of para-hydroxylation sites is 1. The summed E-state index contributed by atoms with van der Waals surface area (Å²) in [7, 11) is 0. The molecular weight excluding hydrogens is 192 g/mol. The Kier molecular flexibility index (Phi) is 2.90. The van der Waals surface area contributed by atoms with Crippen LogP contribution in [0.4, 0.5) is 0 Å². The number of aliphatic carboxylic acids is 1. The van der Waals surface area contributed by atoms with E-state index in [4.69, 9.17) is 9.84 Å². The van der Waals surface area contributed by atoms with Gasteiger partial charge in [-0.15, -0.1) is 0 Å². The van der Waals surface area contributed by atoms with Crippen LogP contribution < -0.4 is 4.74 Å². The third-order valence-electron chi connectivity index (χ3n) is 2.61. The summed E-state index contributed by atoms with van der Waals surface area (Å²) in [5, 5.41) is 8.78. The first-order valence-electron chi connectivity index (χ1n) is 5.23. The van der Waals surface area contributed by atoms with Crippen molar-refractivity contribution in [1.29, 1.82) is 0 Å². The molecule has 1 heterocycles. The Hall–Kier alpha value is -1.51. The van der Waals surface area contributed by atoms with Gasteiger partial charge in [-0.1, -0.05) is 18.2 Å². The number of carboxylic acids is 1. The average molecular weight is 206 g/mol. The highest BCUT2D eigenvalue weighted by Crippen LogP contribution is 2.28. The van der Waals surface area contributed by atoms with Crippen LogP contribution in [0.25, 0.3) is 0 Å². The molecule has 0 fully saturated rings. The maximum absolute atomic E-state index is 10.7. The molecule has 1 aliphatic rings. The lowest BCUT2D eigenvalue weighted by molar-refractivity contribution is -0.136. The number of carboxylic acid groups (broad SMARTS) is 1. The third-order valence-corrected chi connectivity index (χ3v) is 2.61. The van der Waals surface area contributed by atoms with Crippen molar-refractivity contribution in [2.45, 2.75) is 25.7 Å². The molecule has 0 bridgehead atoms. The fraction of sp³-hybridized carbons (Fsp3) is 0.417. The van der Waals surface area contributed by atoms with E-state index < -0.39 is 5.97 Å². The zero-order chi connectivity index (χ0) is 10.7. The van der Waals surface area contributed by atoms with Crippen LogP contribution in [-0.2, 0) is 17.6 Å². The number of fused-ring (bicyclic) bond motifs is 1. The molecule has 0 saturated carbocycles. The van der Waals surface area contributed by atoms with Gasteiger partial charge in [0.1, 0.15) is 5.75 Å². The number of carbonyl (C=O) groups is 1. The topological polar surface area (TPSA) is 46.5 Å². The molecule has 0 saturated heterocycles. The van der Waals surface area contributed by atoms with E-state index in [0.717, 1.165) is 36.1 Å². The zero-order valence-corrected chi connectivity index (χ0v) is 8.53. The first-order chi connectivity index (χ1) is 7.27. The highest BCUT2D eigenvalue weighted by molar-refractivity contribution is 5.71. The second kappa shape index (κ2) is 4.34. The lowest BCUT2D eigenvalue weighted by atomic mass is 10.0. The predicted molar refractivity (Wildman–Crippen MR) is 56.2 cm³/mol. The van der Waals surface area contributed by atoms with Crippen molar-refractivity contribution < 1.29 is 14.6 Å². The van der Waals surface area contributed by atoms with Gasteiger partial charge in [-0.05, 0) is 24.8 Å². The van der Waals surface area contributed by atoms with Gasteiger partial charge in [-0.3, -0.25) is 4.79 Å². The summed E-state index contributed by atoms with van der Waals surface area (Å²) in [6, 6.07) is 5.76. The zero-order valence-electron chi connectivity index (χ0n) is 8.53. The molecule has 0 aliphatic carbocycles. The molecule has 1 aliphatic heterocycles. The summed E-state index contributed by atoms with van der Waals surface area (Å²) in [5.74, 6) is -0.00588. The summed E-state index contributed by atoms with van der Waals surface area (Å²) in [4.78, 5) is 10.7. The van der Waals surface area contributed by atoms with E-state index in [-0.39, 0.29) is 6.42 Å². The minimum absolute atomic E-state index is 0.0448. The number of rotatable bonds is 2. The molecule has 0 atom stereocenters. The Morgan fingerprint density at radius 3 is 3.07 bits per heavy atom. The fourth-order valence-corrected chi connectivity index (χ4v) is 1.91. The number of ether oxygens (including phenoxy) is 1. The van der Waals surface area contributed by atoms with Gasteiger partial charge in [-0.2, -0.15) is 0 Å². The minimum atomic E-state index is -0.809. The molecule has 3 nitrogen and oxygen atoms in total. The molecule has 0 amide bonds. The Balaban J connectivity index is 2.34. The van der Waals surface area contributed by atoms with Crippen molar-refractivity contribution >= 4 is 5.97 Å². The average Bonchev–Trinajstić information content (AvgIpc) is 2.42. The third kappa shape index (κ3) is 2.29. The standard InChI is InChI=1S/C12H14O3/c13-11(14)8-10-6-3-5-9-4-1-2-7-15-12(9)10/h3,5-6H,1-2,4,7-8H2,(H,13,14). The highest BCUT2D eigenvalue weighted by Gasteiger charge is 2.14. The van der Waals surface area contributed by atoms with E-state index in [1.54, 1.807) is 0 Å². The summed E-state index contributed by atoms with van der Waals surface area (Å²) in [6.45, 7) is 0.698. The normalized spacial score (nSPS) is 14.9. The predicted octanol–water partition coefficient (Wildman–Crippen LogP) is 2.03. The van der Waals surface area contributed by atoms with Crippen LogP contribution in [0, 0.1) is 0 Å². The minimum Gasteiger partial charge on any atom is -0.493 e. The molecule has 80 valence electrons. The van der Waals surface area contributed by atoms with Crippen molar-refractivity contribution in [2.75, 3.05) is 6.61 Å². The summed E-state index contributed by atoms with van der Waals surface area (Å²) in [5.41, 5.74) is 1.94. The second-order valence-electron chi connectivity index (χ2n) is 3.78. The van der Waals surface area contributed by atoms with Gasteiger partial charge >= 0.3 is 5.97 Å². The molecule has 0 aromatic heterocycles. The summed E-state index contributed by atoms with van der Waals surface area (Å²) in [6.07, 6.45) is 3.19. The van der Waals surface area contributed by atoms with E-state index in [1.165, 1.54) is 0 Å². The Morgan fingerprint density at radius 1 is 1.40 bits per heavy atom. The molecule has 2 rings (SSSR count). The summed E-state index contributed by atoms with van der Waals surface area (Å²) < 4.78 is 5.62. The molecule has 0 spiro atoms. The van der Waals surface area contributed by atoms with Gasteiger partial charge in [-0.25, -0.2) is 0 Å². The van der Waals surface area contributed by atoms with Crippen molar-refractivity contribution in [3.8, 4) is 5.75 Å². The molecule has 0 unspecified atom stereocenters.